The van der Waals surface area contributed by atoms with E-state index >= 15 is 0 Å². The minimum Gasteiger partial charge on any atom is -0.507 e. The third-order valence-electron chi connectivity index (χ3n) is 4.60. The lowest BCUT2D eigenvalue weighted by Gasteiger charge is -2.35. The van der Waals surface area contributed by atoms with Gasteiger partial charge in [-0.05, 0) is 44.1 Å². The fourth-order valence-corrected chi connectivity index (χ4v) is 3.34. The summed E-state index contributed by atoms with van der Waals surface area (Å²) in [6.45, 7) is 6.78. The second-order valence-corrected chi connectivity index (χ2v) is 6.32. The summed E-state index contributed by atoms with van der Waals surface area (Å²) in [5.74, 6) is 2.54. The first kappa shape index (κ1) is 15.2. The highest BCUT2D eigenvalue weighted by molar-refractivity contribution is 5.41. The average molecular weight is 277 g/mol. The van der Waals surface area contributed by atoms with Crippen LogP contribution in [0.3, 0.4) is 0 Å². The van der Waals surface area contributed by atoms with Gasteiger partial charge in [0.25, 0.3) is 0 Å². The largest absolute Gasteiger partial charge is 0.507 e. The molecule has 0 spiro atoms. The van der Waals surface area contributed by atoms with Crippen LogP contribution in [0.5, 0.6) is 11.5 Å². The number of benzene rings is 1. The van der Waals surface area contributed by atoms with E-state index in [9.17, 15) is 5.11 Å². The number of ether oxygens (including phenoxy) is 1. The summed E-state index contributed by atoms with van der Waals surface area (Å²) in [5.41, 5.74) is 0.941. The molecule has 112 valence electrons. The maximum atomic E-state index is 10.1. The van der Waals surface area contributed by atoms with Gasteiger partial charge in [-0.3, -0.25) is 0 Å². The lowest BCUT2D eigenvalue weighted by atomic mass is 9.79. The summed E-state index contributed by atoms with van der Waals surface area (Å²) in [7, 11) is 1.61. The van der Waals surface area contributed by atoms with Crippen molar-refractivity contribution in [1.82, 2.24) is 5.32 Å². The van der Waals surface area contributed by atoms with Gasteiger partial charge in [-0.1, -0.05) is 19.9 Å². The minimum absolute atomic E-state index is 0.154. The Labute approximate surface area is 122 Å². The number of hydrogen-bond donors (Lipinski definition) is 2. The van der Waals surface area contributed by atoms with E-state index in [0.29, 0.717) is 23.5 Å². The Bertz CT molecular complexity index is 447. The highest BCUT2D eigenvalue weighted by atomic mass is 16.5. The summed E-state index contributed by atoms with van der Waals surface area (Å²) in [6, 6.07) is 6.23. The Kier molecular flexibility index (Phi) is 4.92. The van der Waals surface area contributed by atoms with Crippen LogP contribution in [0.15, 0.2) is 18.2 Å². The number of nitrogens with one attached hydrogen (secondary N) is 1. The van der Waals surface area contributed by atoms with Crippen LogP contribution in [0.1, 0.15) is 51.6 Å². The third-order valence-corrected chi connectivity index (χ3v) is 4.60. The van der Waals surface area contributed by atoms with Gasteiger partial charge in [0.15, 0.2) is 0 Å². The Morgan fingerprint density at radius 2 is 2.05 bits per heavy atom. The van der Waals surface area contributed by atoms with Crippen molar-refractivity contribution in [1.29, 1.82) is 0 Å². The number of rotatable bonds is 4. The first-order valence-electron chi connectivity index (χ1n) is 7.64. The standard InChI is InChI=1S/C17H27NO2/c1-11-5-8-16(12(2)9-11)18-13(3)15-7-6-14(20-4)10-17(15)19/h6-7,10-13,16,18-19H,5,8-9H2,1-4H3. The van der Waals surface area contributed by atoms with E-state index in [2.05, 4.69) is 26.1 Å². The third kappa shape index (κ3) is 3.45. The normalized spacial score (nSPS) is 28.1. The molecule has 4 atom stereocenters. The lowest BCUT2D eigenvalue weighted by Crippen LogP contribution is -2.40. The van der Waals surface area contributed by atoms with Gasteiger partial charge in [0.2, 0.25) is 0 Å². The van der Waals surface area contributed by atoms with Crippen LogP contribution in [0.4, 0.5) is 0 Å². The Morgan fingerprint density at radius 3 is 2.65 bits per heavy atom. The Balaban J connectivity index is 2.02. The van der Waals surface area contributed by atoms with Crippen molar-refractivity contribution < 1.29 is 9.84 Å². The second kappa shape index (κ2) is 6.49. The molecule has 0 aliphatic heterocycles. The van der Waals surface area contributed by atoms with Gasteiger partial charge < -0.3 is 15.2 Å². The average Bonchev–Trinajstić information content (AvgIpc) is 2.41. The molecule has 0 saturated heterocycles. The smallest absolute Gasteiger partial charge is 0.124 e. The number of aromatic hydroxyl groups is 1. The number of phenolic OH excluding ortho intramolecular Hbond substituents is 1. The number of hydrogen-bond acceptors (Lipinski definition) is 3. The minimum atomic E-state index is 0.154. The zero-order chi connectivity index (χ0) is 14.7. The zero-order valence-corrected chi connectivity index (χ0v) is 13.0. The number of methoxy groups -OCH3 is 1. The van der Waals surface area contributed by atoms with Gasteiger partial charge in [0.1, 0.15) is 11.5 Å². The molecular formula is C17H27NO2. The van der Waals surface area contributed by atoms with Crippen molar-refractivity contribution in [3.05, 3.63) is 23.8 Å². The molecule has 3 heteroatoms. The molecule has 1 saturated carbocycles. The van der Waals surface area contributed by atoms with Gasteiger partial charge in [0, 0.05) is 23.7 Å². The van der Waals surface area contributed by atoms with Crippen LogP contribution in [0, 0.1) is 11.8 Å². The Morgan fingerprint density at radius 1 is 1.30 bits per heavy atom. The van der Waals surface area contributed by atoms with Crippen LogP contribution in [-0.4, -0.2) is 18.3 Å². The highest BCUT2D eigenvalue weighted by Crippen LogP contribution is 2.32. The molecule has 2 N–H and O–H groups in total. The van der Waals surface area contributed by atoms with Crippen LogP contribution in [-0.2, 0) is 0 Å². The first-order valence-corrected chi connectivity index (χ1v) is 7.64. The van der Waals surface area contributed by atoms with Gasteiger partial charge in [-0.25, -0.2) is 0 Å². The molecule has 0 amide bonds. The van der Waals surface area contributed by atoms with Crippen molar-refractivity contribution in [2.24, 2.45) is 11.8 Å². The van der Waals surface area contributed by atoms with Crippen LogP contribution in [0.25, 0.3) is 0 Å². The van der Waals surface area contributed by atoms with E-state index in [0.717, 1.165) is 11.5 Å². The Hall–Kier alpha value is -1.22. The molecule has 1 aromatic rings. The maximum Gasteiger partial charge on any atom is 0.124 e. The predicted molar refractivity (Wildman–Crippen MR) is 82.2 cm³/mol. The molecule has 1 aliphatic rings. The van der Waals surface area contributed by atoms with Crippen LogP contribution >= 0.6 is 0 Å². The van der Waals surface area contributed by atoms with Crippen LogP contribution in [0.2, 0.25) is 0 Å². The topological polar surface area (TPSA) is 41.5 Å². The molecule has 1 aromatic carbocycles. The summed E-state index contributed by atoms with van der Waals surface area (Å²) >= 11 is 0. The van der Waals surface area contributed by atoms with Crippen molar-refractivity contribution in [2.75, 3.05) is 7.11 Å². The first-order chi connectivity index (χ1) is 9.51. The molecule has 0 bridgehead atoms. The summed E-state index contributed by atoms with van der Waals surface area (Å²) in [4.78, 5) is 0. The maximum absolute atomic E-state index is 10.1. The lowest BCUT2D eigenvalue weighted by molar-refractivity contribution is 0.215. The van der Waals surface area contributed by atoms with Crippen molar-refractivity contribution >= 4 is 0 Å². The SMILES string of the molecule is COc1ccc(C(C)NC2CCC(C)CC2C)c(O)c1. The molecular weight excluding hydrogens is 250 g/mol. The monoisotopic (exact) mass is 277 g/mol. The molecule has 0 aromatic heterocycles. The molecule has 1 fully saturated rings. The van der Waals surface area contributed by atoms with Crippen molar-refractivity contribution in [3.8, 4) is 11.5 Å². The fourth-order valence-electron chi connectivity index (χ4n) is 3.34. The molecule has 20 heavy (non-hydrogen) atoms. The molecule has 0 heterocycles. The molecule has 1 aliphatic carbocycles. The second-order valence-electron chi connectivity index (χ2n) is 6.32. The van der Waals surface area contributed by atoms with E-state index in [1.165, 1.54) is 19.3 Å². The predicted octanol–water partition coefficient (Wildman–Crippen LogP) is 3.88. The van der Waals surface area contributed by atoms with Gasteiger partial charge in [-0.2, -0.15) is 0 Å². The fraction of sp³-hybridized carbons (Fsp3) is 0.647. The van der Waals surface area contributed by atoms with Gasteiger partial charge in [0.05, 0.1) is 7.11 Å². The highest BCUT2D eigenvalue weighted by Gasteiger charge is 2.26. The summed E-state index contributed by atoms with van der Waals surface area (Å²) in [5, 5.41) is 13.8. The van der Waals surface area contributed by atoms with Gasteiger partial charge >= 0.3 is 0 Å². The molecule has 0 radical (unpaired) electrons. The van der Waals surface area contributed by atoms with E-state index in [1.54, 1.807) is 13.2 Å². The quantitative estimate of drug-likeness (QED) is 0.877. The van der Waals surface area contributed by atoms with E-state index in [-0.39, 0.29) is 6.04 Å². The van der Waals surface area contributed by atoms with Crippen LogP contribution < -0.4 is 10.1 Å². The summed E-state index contributed by atoms with van der Waals surface area (Å²) < 4.78 is 5.13. The zero-order valence-electron chi connectivity index (χ0n) is 13.0. The van der Waals surface area contributed by atoms with E-state index in [4.69, 9.17) is 4.74 Å². The van der Waals surface area contributed by atoms with Crippen molar-refractivity contribution in [2.45, 2.75) is 52.1 Å². The van der Waals surface area contributed by atoms with Gasteiger partial charge in [-0.15, -0.1) is 0 Å². The molecule has 3 nitrogen and oxygen atoms in total. The number of phenols is 1. The van der Waals surface area contributed by atoms with Crippen molar-refractivity contribution in [3.63, 3.8) is 0 Å². The van der Waals surface area contributed by atoms with E-state index < -0.39 is 0 Å². The van der Waals surface area contributed by atoms with E-state index in [1.807, 2.05) is 12.1 Å². The molecule has 2 rings (SSSR count). The summed E-state index contributed by atoms with van der Waals surface area (Å²) in [6.07, 6.45) is 3.81. The molecule has 4 unspecified atom stereocenters.